The van der Waals surface area contributed by atoms with Crippen LogP contribution in [0.15, 0.2) is 48.5 Å². The van der Waals surface area contributed by atoms with Gasteiger partial charge in [-0.2, -0.15) is 0 Å². The summed E-state index contributed by atoms with van der Waals surface area (Å²) in [6, 6.07) is 13.1. The fraction of sp³-hybridized carbons (Fsp3) is 0.500. The van der Waals surface area contributed by atoms with Crippen molar-refractivity contribution in [1.29, 1.82) is 0 Å². The summed E-state index contributed by atoms with van der Waals surface area (Å²) >= 11 is 0. The Morgan fingerprint density at radius 1 is 0.971 bits per heavy atom. The van der Waals surface area contributed by atoms with Gasteiger partial charge in [-0.1, -0.05) is 53.7 Å². The molecule has 1 aliphatic heterocycles. The number of hydrogen-bond donors (Lipinski definition) is 0. The van der Waals surface area contributed by atoms with Crippen LogP contribution in [0.5, 0.6) is 11.5 Å². The first-order valence-electron chi connectivity index (χ1n) is 12.6. The van der Waals surface area contributed by atoms with Crippen LogP contribution in [0.1, 0.15) is 78.4 Å². The van der Waals surface area contributed by atoms with Crippen molar-refractivity contribution in [3.05, 3.63) is 69.8 Å². The fourth-order valence-corrected chi connectivity index (χ4v) is 11.5. The molecule has 2 aromatic rings. The van der Waals surface area contributed by atoms with E-state index in [1.807, 2.05) is 6.07 Å². The highest BCUT2D eigenvalue weighted by Gasteiger charge is 2.47. The highest BCUT2D eigenvalue weighted by atomic mass is 28.4. The van der Waals surface area contributed by atoms with Gasteiger partial charge in [0.05, 0.1) is 4.92 Å². The first kappa shape index (κ1) is 24.5. The average molecular weight is 480 g/mol. The van der Waals surface area contributed by atoms with E-state index in [1.165, 1.54) is 0 Å². The van der Waals surface area contributed by atoms with E-state index in [4.69, 9.17) is 9.16 Å². The lowest BCUT2D eigenvalue weighted by molar-refractivity contribution is -0.384. The van der Waals surface area contributed by atoms with Crippen LogP contribution < -0.4 is 9.16 Å². The van der Waals surface area contributed by atoms with E-state index in [0.717, 1.165) is 53.9 Å². The van der Waals surface area contributed by atoms with Crippen LogP contribution in [0, 0.1) is 10.1 Å². The van der Waals surface area contributed by atoms with Gasteiger partial charge in [0, 0.05) is 23.8 Å². The number of hydrogen-bond acceptors (Lipinski definition) is 4. The molecular formula is C28H37NO4Si. The third kappa shape index (κ3) is 4.28. The molecule has 1 aliphatic carbocycles. The Bertz CT molecular complexity index is 1080. The lowest BCUT2D eigenvalue weighted by Crippen LogP contribution is -2.50. The summed E-state index contributed by atoms with van der Waals surface area (Å²) in [4.78, 5) is 11.1. The molecule has 0 N–H and O–H groups in total. The molecule has 0 bridgehead atoms. The molecule has 2 aromatic carbocycles. The summed E-state index contributed by atoms with van der Waals surface area (Å²) in [5.41, 5.74) is 4.02. The van der Waals surface area contributed by atoms with Crippen molar-refractivity contribution in [2.24, 2.45) is 0 Å². The molecule has 0 atom stereocenters. The number of nitro benzene ring substituents is 1. The number of nitrogens with zero attached hydrogens (tertiary/aromatic N) is 1. The van der Waals surface area contributed by atoms with Crippen LogP contribution >= 0.6 is 0 Å². The zero-order chi connectivity index (χ0) is 24.7. The highest BCUT2D eigenvalue weighted by Crippen LogP contribution is 2.49. The Balaban J connectivity index is 1.80. The average Bonchev–Trinajstić information content (AvgIpc) is 3.23. The number of non-ortho nitro benzene ring substituents is 1. The maximum Gasteiger partial charge on any atom is 0.270 e. The number of ether oxygens (including phenoxy) is 1. The Kier molecular flexibility index (Phi) is 6.64. The molecular weight excluding hydrogens is 442 g/mol. The van der Waals surface area contributed by atoms with E-state index in [9.17, 15) is 10.1 Å². The molecule has 4 rings (SSSR count). The third-order valence-corrected chi connectivity index (χ3v) is 13.8. The Morgan fingerprint density at radius 3 is 2.21 bits per heavy atom. The summed E-state index contributed by atoms with van der Waals surface area (Å²) < 4.78 is 13.6. The molecule has 0 saturated heterocycles. The predicted octanol–water partition coefficient (Wildman–Crippen LogP) is 8.29. The summed E-state index contributed by atoms with van der Waals surface area (Å²) in [6.45, 7) is 13.7. The molecule has 1 fully saturated rings. The first-order valence-corrected chi connectivity index (χ1v) is 14.7. The molecule has 0 aromatic heterocycles. The van der Waals surface area contributed by atoms with Gasteiger partial charge in [0.1, 0.15) is 17.1 Å². The van der Waals surface area contributed by atoms with Crippen molar-refractivity contribution in [2.45, 2.75) is 89.5 Å². The molecule has 6 heteroatoms. The number of benzene rings is 2. The summed E-state index contributed by atoms with van der Waals surface area (Å²) in [7, 11) is -2.10. The van der Waals surface area contributed by atoms with Crippen molar-refractivity contribution >= 4 is 19.6 Å². The monoisotopic (exact) mass is 479 g/mol. The van der Waals surface area contributed by atoms with E-state index in [-0.39, 0.29) is 16.2 Å². The Labute approximate surface area is 204 Å². The van der Waals surface area contributed by atoms with E-state index < -0.39 is 8.32 Å². The molecule has 1 saturated carbocycles. The molecule has 34 heavy (non-hydrogen) atoms. The maximum absolute atomic E-state index is 11.4. The molecule has 5 nitrogen and oxygen atoms in total. The van der Waals surface area contributed by atoms with Crippen molar-refractivity contribution in [1.82, 2.24) is 0 Å². The summed E-state index contributed by atoms with van der Waals surface area (Å²) in [5, 5.41) is 11.4. The number of nitro groups is 1. The second-order valence-corrected chi connectivity index (χ2v) is 16.2. The molecule has 0 radical (unpaired) electrons. The predicted molar refractivity (Wildman–Crippen MR) is 140 cm³/mol. The maximum atomic E-state index is 11.4. The smallest absolute Gasteiger partial charge is 0.270 e. The SMILES string of the molecule is CC(C)[Si](Oc1ccc2c(c1)OC1(C=C2c2cccc([N+](=O)[O-])c2)CCCC1)(C(C)C)C(C)C. The summed E-state index contributed by atoms with van der Waals surface area (Å²) in [5.74, 6) is 1.69. The molecule has 182 valence electrons. The molecule has 1 heterocycles. The van der Waals surface area contributed by atoms with Crippen molar-refractivity contribution in [3.63, 3.8) is 0 Å². The van der Waals surface area contributed by atoms with Crippen molar-refractivity contribution < 1.29 is 14.1 Å². The highest BCUT2D eigenvalue weighted by molar-refractivity contribution is 6.78. The zero-order valence-electron chi connectivity index (χ0n) is 21.3. The minimum atomic E-state index is -2.10. The standard InChI is InChI=1S/C28H37NO4Si/c1-19(2)34(20(3)4,21(5)6)33-24-12-13-25-26(22-10-9-11-23(16-22)29(30)31)18-28(14-7-8-15-28)32-27(25)17-24/h9-13,16-21H,7-8,14-15H2,1-6H3. The second-order valence-electron chi connectivity index (χ2n) is 10.8. The van der Waals surface area contributed by atoms with Gasteiger partial charge in [-0.15, -0.1) is 0 Å². The van der Waals surface area contributed by atoms with Crippen LogP contribution in [-0.4, -0.2) is 18.8 Å². The van der Waals surface area contributed by atoms with E-state index in [2.05, 4.69) is 65.8 Å². The van der Waals surface area contributed by atoms with E-state index >= 15 is 0 Å². The van der Waals surface area contributed by atoms with Crippen molar-refractivity contribution in [2.75, 3.05) is 0 Å². The Morgan fingerprint density at radius 2 is 1.62 bits per heavy atom. The van der Waals surface area contributed by atoms with Crippen LogP contribution in [0.3, 0.4) is 0 Å². The lowest BCUT2D eigenvalue weighted by Gasteiger charge is -2.42. The molecule has 2 aliphatic rings. The van der Waals surface area contributed by atoms with Crippen LogP contribution in [0.2, 0.25) is 16.6 Å². The molecule has 0 unspecified atom stereocenters. The van der Waals surface area contributed by atoms with Gasteiger partial charge in [-0.25, -0.2) is 0 Å². The van der Waals surface area contributed by atoms with Gasteiger partial charge in [-0.05, 0) is 71.7 Å². The second kappa shape index (κ2) is 9.21. The van der Waals surface area contributed by atoms with E-state index in [1.54, 1.807) is 18.2 Å². The van der Waals surface area contributed by atoms with Crippen LogP contribution in [0.25, 0.3) is 5.57 Å². The lowest BCUT2D eigenvalue weighted by atomic mass is 9.87. The van der Waals surface area contributed by atoms with Crippen LogP contribution in [-0.2, 0) is 0 Å². The zero-order valence-corrected chi connectivity index (χ0v) is 22.3. The van der Waals surface area contributed by atoms with E-state index in [0.29, 0.717) is 16.6 Å². The topological polar surface area (TPSA) is 61.6 Å². The summed E-state index contributed by atoms with van der Waals surface area (Å²) in [6.07, 6.45) is 6.36. The quantitative estimate of drug-likeness (QED) is 0.228. The van der Waals surface area contributed by atoms with Gasteiger partial charge in [-0.3, -0.25) is 10.1 Å². The minimum Gasteiger partial charge on any atom is -0.543 e. The van der Waals surface area contributed by atoms with Gasteiger partial charge in [0.2, 0.25) is 0 Å². The fourth-order valence-electron chi connectivity index (χ4n) is 6.27. The first-order chi connectivity index (χ1) is 16.1. The number of rotatable bonds is 7. The van der Waals surface area contributed by atoms with Crippen LogP contribution in [0.4, 0.5) is 5.69 Å². The molecule has 1 spiro atoms. The van der Waals surface area contributed by atoms with Gasteiger partial charge >= 0.3 is 0 Å². The normalized spacial score (nSPS) is 17.1. The van der Waals surface area contributed by atoms with Gasteiger partial charge in [0.25, 0.3) is 14.0 Å². The van der Waals surface area contributed by atoms with Gasteiger partial charge < -0.3 is 9.16 Å². The molecule has 0 amide bonds. The number of fused-ring (bicyclic) bond motifs is 1. The minimum absolute atomic E-state index is 0.105. The largest absolute Gasteiger partial charge is 0.543 e. The third-order valence-electron chi connectivity index (χ3n) is 7.78. The Hall–Kier alpha value is -2.60. The van der Waals surface area contributed by atoms with Crippen molar-refractivity contribution in [3.8, 4) is 11.5 Å². The van der Waals surface area contributed by atoms with Gasteiger partial charge in [0.15, 0.2) is 0 Å².